The van der Waals surface area contributed by atoms with E-state index in [4.69, 9.17) is 0 Å². The summed E-state index contributed by atoms with van der Waals surface area (Å²) in [5, 5.41) is 6.73. The van der Waals surface area contributed by atoms with Crippen LogP contribution in [0.2, 0.25) is 0 Å². The summed E-state index contributed by atoms with van der Waals surface area (Å²) in [5.74, 6) is 0.00588. The third-order valence-corrected chi connectivity index (χ3v) is 3.81. The van der Waals surface area contributed by atoms with E-state index in [1.807, 2.05) is 43.0 Å². The van der Waals surface area contributed by atoms with Gasteiger partial charge in [0.15, 0.2) is 0 Å². The lowest BCUT2D eigenvalue weighted by Crippen LogP contribution is -2.25. The lowest BCUT2D eigenvalue weighted by atomic mass is 10.2. The van der Waals surface area contributed by atoms with Gasteiger partial charge >= 0.3 is 0 Å². The summed E-state index contributed by atoms with van der Waals surface area (Å²) in [6.45, 7) is 5.84. The molecule has 1 aromatic carbocycles. The van der Waals surface area contributed by atoms with Crippen molar-refractivity contribution >= 4 is 23.4 Å². The zero-order valence-electron chi connectivity index (χ0n) is 11.3. The molecule has 1 unspecified atom stereocenters. The summed E-state index contributed by atoms with van der Waals surface area (Å²) in [7, 11) is 0. The molecule has 1 rings (SSSR count). The summed E-state index contributed by atoms with van der Waals surface area (Å²) in [6, 6.07) is 7.57. The normalized spacial score (nSPS) is 11.9. The van der Waals surface area contributed by atoms with Gasteiger partial charge in [0.05, 0.1) is 0 Å². The minimum absolute atomic E-state index is 0.00588. The van der Waals surface area contributed by atoms with E-state index in [1.165, 1.54) is 0 Å². The largest absolute Gasteiger partial charge is 0.385 e. The number of carbonyl (C=O) groups is 1. The highest BCUT2D eigenvalue weighted by Crippen LogP contribution is 2.10. The zero-order chi connectivity index (χ0) is 13.4. The van der Waals surface area contributed by atoms with E-state index in [0.29, 0.717) is 10.8 Å². The van der Waals surface area contributed by atoms with Gasteiger partial charge in [-0.25, -0.2) is 0 Å². The maximum atomic E-state index is 11.8. The van der Waals surface area contributed by atoms with Crippen molar-refractivity contribution in [3.05, 3.63) is 29.8 Å². The van der Waals surface area contributed by atoms with Crippen molar-refractivity contribution in [2.45, 2.75) is 25.5 Å². The number of nitrogens with one attached hydrogen (secondary N) is 2. The van der Waals surface area contributed by atoms with Crippen LogP contribution in [0.15, 0.2) is 24.3 Å². The zero-order valence-corrected chi connectivity index (χ0v) is 12.1. The monoisotopic (exact) mass is 266 g/mol. The van der Waals surface area contributed by atoms with Crippen molar-refractivity contribution in [2.75, 3.05) is 24.7 Å². The highest BCUT2D eigenvalue weighted by molar-refractivity contribution is 7.99. The first-order valence-electron chi connectivity index (χ1n) is 6.32. The second-order valence-electron chi connectivity index (χ2n) is 4.20. The van der Waals surface area contributed by atoms with Crippen LogP contribution in [0.1, 0.15) is 30.6 Å². The molecule has 100 valence electrons. The molecule has 3 nitrogen and oxygen atoms in total. The van der Waals surface area contributed by atoms with Gasteiger partial charge in [-0.15, -0.1) is 0 Å². The topological polar surface area (TPSA) is 41.1 Å². The average molecular weight is 266 g/mol. The molecule has 0 saturated heterocycles. The molecule has 0 radical (unpaired) electrons. The summed E-state index contributed by atoms with van der Waals surface area (Å²) in [6.07, 6.45) is 3.09. The predicted octanol–water partition coefficient (Wildman–Crippen LogP) is 2.99. The third kappa shape index (κ3) is 5.00. The van der Waals surface area contributed by atoms with E-state index >= 15 is 0 Å². The molecule has 4 heteroatoms. The third-order valence-electron chi connectivity index (χ3n) is 2.77. The Morgan fingerprint density at radius 2 is 2.00 bits per heavy atom. The summed E-state index contributed by atoms with van der Waals surface area (Å²) in [5.41, 5.74) is 1.76. The van der Waals surface area contributed by atoms with Gasteiger partial charge in [-0.2, -0.15) is 11.8 Å². The van der Waals surface area contributed by atoms with Crippen molar-refractivity contribution < 1.29 is 4.79 Å². The van der Waals surface area contributed by atoms with E-state index in [1.54, 1.807) is 0 Å². The molecule has 0 aromatic heterocycles. The maximum absolute atomic E-state index is 11.8. The number of anilines is 1. The van der Waals surface area contributed by atoms with E-state index in [-0.39, 0.29) is 5.91 Å². The van der Waals surface area contributed by atoms with Crippen molar-refractivity contribution in [1.82, 2.24) is 5.32 Å². The maximum Gasteiger partial charge on any atom is 0.251 e. The SMILES string of the molecule is CCNc1ccc(C(=O)NCCC(C)SC)cc1. The van der Waals surface area contributed by atoms with Crippen LogP contribution >= 0.6 is 11.8 Å². The van der Waals surface area contributed by atoms with Crippen molar-refractivity contribution in [1.29, 1.82) is 0 Å². The molecule has 1 atom stereocenters. The van der Waals surface area contributed by atoms with Crippen LogP contribution < -0.4 is 10.6 Å². The molecule has 0 fully saturated rings. The van der Waals surface area contributed by atoms with E-state index in [2.05, 4.69) is 23.8 Å². The second kappa shape index (κ2) is 8.03. The predicted molar refractivity (Wildman–Crippen MR) is 80.5 cm³/mol. The number of carbonyl (C=O) groups excluding carboxylic acids is 1. The van der Waals surface area contributed by atoms with Gasteiger partial charge in [0, 0.05) is 29.6 Å². The van der Waals surface area contributed by atoms with E-state index in [9.17, 15) is 4.79 Å². The number of hydrogen-bond acceptors (Lipinski definition) is 3. The Kier molecular flexibility index (Phi) is 6.65. The molecule has 0 spiro atoms. The van der Waals surface area contributed by atoms with E-state index < -0.39 is 0 Å². The standard InChI is InChI=1S/C14H22N2OS/c1-4-15-13-7-5-12(6-8-13)14(17)16-10-9-11(2)18-3/h5-8,11,15H,4,9-10H2,1-3H3,(H,16,17). The number of thioether (sulfide) groups is 1. The Morgan fingerprint density at radius 1 is 1.33 bits per heavy atom. The molecule has 0 aliphatic carbocycles. The van der Waals surface area contributed by atoms with Gasteiger partial charge < -0.3 is 10.6 Å². The Morgan fingerprint density at radius 3 is 2.56 bits per heavy atom. The first kappa shape index (κ1) is 14.9. The first-order chi connectivity index (χ1) is 8.67. The molecule has 1 aromatic rings. The van der Waals surface area contributed by atoms with Crippen LogP contribution in [0, 0.1) is 0 Å². The lowest BCUT2D eigenvalue weighted by molar-refractivity contribution is 0.0953. The number of amides is 1. The van der Waals surface area contributed by atoms with Crippen LogP contribution in [0.3, 0.4) is 0 Å². The van der Waals surface area contributed by atoms with Crippen molar-refractivity contribution in [2.24, 2.45) is 0 Å². The summed E-state index contributed by atoms with van der Waals surface area (Å²) in [4.78, 5) is 11.8. The highest BCUT2D eigenvalue weighted by Gasteiger charge is 2.05. The van der Waals surface area contributed by atoms with Crippen molar-refractivity contribution in [3.63, 3.8) is 0 Å². The lowest BCUT2D eigenvalue weighted by Gasteiger charge is -2.09. The highest BCUT2D eigenvalue weighted by atomic mass is 32.2. The smallest absolute Gasteiger partial charge is 0.251 e. The Bertz CT molecular complexity index is 365. The first-order valence-corrected chi connectivity index (χ1v) is 7.61. The summed E-state index contributed by atoms with van der Waals surface area (Å²) >= 11 is 1.82. The van der Waals surface area contributed by atoms with Crippen LogP contribution in [-0.2, 0) is 0 Å². The van der Waals surface area contributed by atoms with Crippen molar-refractivity contribution in [3.8, 4) is 0 Å². The molecule has 2 N–H and O–H groups in total. The molecule has 0 heterocycles. The van der Waals surface area contributed by atoms with Gasteiger partial charge in [0.25, 0.3) is 5.91 Å². The Labute approximate surface area is 114 Å². The summed E-state index contributed by atoms with van der Waals surface area (Å²) < 4.78 is 0. The van der Waals surface area contributed by atoms with Crippen LogP contribution in [0.4, 0.5) is 5.69 Å². The molecular formula is C14H22N2OS. The second-order valence-corrected chi connectivity index (χ2v) is 5.47. The fourth-order valence-electron chi connectivity index (χ4n) is 1.55. The van der Waals surface area contributed by atoms with Gasteiger partial charge in [0.2, 0.25) is 0 Å². The molecule has 0 aliphatic rings. The van der Waals surface area contributed by atoms with E-state index in [0.717, 1.165) is 25.2 Å². The molecule has 0 saturated carbocycles. The number of hydrogen-bond donors (Lipinski definition) is 2. The quantitative estimate of drug-likeness (QED) is 0.797. The Hall–Kier alpha value is -1.16. The molecule has 18 heavy (non-hydrogen) atoms. The van der Waals surface area contributed by atoms with Gasteiger partial charge in [0.1, 0.15) is 0 Å². The molecule has 0 bridgehead atoms. The number of benzene rings is 1. The molecular weight excluding hydrogens is 244 g/mol. The van der Waals surface area contributed by atoms with Gasteiger partial charge in [-0.3, -0.25) is 4.79 Å². The number of rotatable bonds is 7. The fraction of sp³-hybridized carbons (Fsp3) is 0.500. The molecule has 1 amide bonds. The van der Waals surface area contributed by atoms with Crippen LogP contribution in [-0.4, -0.2) is 30.5 Å². The van der Waals surface area contributed by atoms with Crippen LogP contribution in [0.5, 0.6) is 0 Å². The molecule has 0 aliphatic heterocycles. The van der Waals surface area contributed by atoms with Crippen LogP contribution in [0.25, 0.3) is 0 Å². The Balaban J connectivity index is 2.41. The minimum atomic E-state index is 0.00588. The minimum Gasteiger partial charge on any atom is -0.385 e. The average Bonchev–Trinajstić information content (AvgIpc) is 2.39. The fourth-order valence-corrected chi connectivity index (χ4v) is 1.91. The van der Waals surface area contributed by atoms with Gasteiger partial charge in [-0.1, -0.05) is 6.92 Å². The van der Waals surface area contributed by atoms with Gasteiger partial charge in [-0.05, 0) is 43.9 Å².